The fourth-order valence-electron chi connectivity index (χ4n) is 1.02. The Labute approximate surface area is 90.2 Å². The molecular formula is C12H16N2O. The smallest absolute Gasteiger partial charge is 0.187 e. The normalized spacial score (nSPS) is 12.7. The average Bonchev–Trinajstić information content (AvgIpc) is 2.29. The molecule has 1 unspecified atom stereocenters. The molecule has 80 valence electrons. The van der Waals surface area contributed by atoms with Gasteiger partial charge in [0.25, 0.3) is 0 Å². The number of aromatic nitrogens is 1. The van der Waals surface area contributed by atoms with Crippen molar-refractivity contribution in [1.29, 1.82) is 0 Å². The van der Waals surface area contributed by atoms with Crippen LogP contribution in [0.4, 0.5) is 0 Å². The van der Waals surface area contributed by atoms with Gasteiger partial charge in [-0.25, -0.2) is 0 Å². The van der Waals surface area contributed by atoms with Crippen LogP contribution in [0.5, 0.6) is 0 Å². The molecule has 0 radical (unpaired) electrons. The molecule has 0 aliphatic carbocycles. The van der Waals surface area contributed by atoms with Gasteiger partial charge in [0.1, 0.15) is 0 Å². The highest BCUT2D eigenvalue weighted by atomic mass is 16.1. The summed E-state index contributed by atoms with van der Waals surface area (Å²) in [6.07, 6.45) is 7.51. The zero-order chi connectivity index (χ0) is 11.1. The van der Waals surface area contributed by atoms with E-state index in [-0.39, 0.29) is 5.78 Å². The Kier molecular flexibility index (Phi) is 4.54. The topological polar surface area (TPSA) is 42.0 Å². The molecule has 1 aromatic heterocycles. The van der Waals surface area contributed by atoms with Crippen molar-refractivity contribution < 1.29 is 4.79 Å². The molecule has 15 heavy (non-hydrogen) atoms. The third-order valence-electron chi connectivity index (χ3n) is 2.19. The summed E-state index contributed by atoms with van der Waals surface area (Å²) in [5, 5.41) is 3.12. The third kappa shape index (κ3) is 3.94. The molecule has 1 heterocycles. The van der Waals surface area contributed by atoms with Crippen LogP contribution in [0.15, 0.2) is 36.8 Å². The summed E-state index contributed by atoms with van der Waals surface area (Å²) >= 11 is 0. The number of pyridine rings is 1. The largest absolute Gasteiger partial charge is 0.388 e. The molecule has 1 rings (SSSR count). The van der Waals surface area contributed by atoms with Crippen LogP contribution in [0.3, 0.4) is 0 Å². The van der Waals surface area contributed by atoms with E-state index in [1.165, 1.54) is 0 Å². The van der Waals surface area contributed by atoms with Crippen LogP contribution >= 0.6 is 0 Å². The van der Waals surface area contributed by atoms with Gasteiger partial charge in [-0.15, -0.1) is 0 Å². The maximum Gasteiger partial charge on any atom is 0.187 e. The molecule has 0 amide bonds. The van der Waals surface area contributed by atoms with Gasteiger partial charge in [-0.3, -0.25) is 9.78 Å². The van der Waals surface area contributed by atoms with Crippen LogP contribution in [-0.4, -0.2) is 16.8 Å². The summed E-state index contributed by atoms with van der Waals surface area (Å²) in [4.78, 5) is 15.4. The maximum atomic E-state index is 11.6. The number of allylic oxidation sites excluding steroid dienone is 1. The molecule has 0 fully saturated rings. The van der Waals surface area contributed by atoms with Gasteiger partial charge in [-0.1, -0.05) is 6.92 Å². The Morgan fingerprint density at radius 1 is 1.53 bits per heavy atom. The first-order chi connectivity index (χ1) is 7.24. The van der Waals surface area contributed by atoms with Crippen molar-refractivity contribution in [1.82, 2.24) is 10.3 Å². The van der Waals surface area contributed by atoms with E-state index in [9.17, 15) is 4.79 Å². The molecule has 0 spiro atoms. The number of ketones is 1. The van der Waals surface area contributed by atoms with Gasteiger partial charge in [0.2, 0.25) is 0 Å². The third-order valence-corrected chi connectivity index (χ3v) is 2.19. The van der Waals surface area contributed by atoms with Crippen molar-refractivity contribution in [2.75, 3.05) is 0 Å². The number of hydrogen-bond donors (Lipinski definition) is 1. The standard InChI is InChI=1S/C12H16N2O/c1-3-10(2)14-9-6-12(15)11-4-7-13-8-5-11/h4-10,14H,3H2,1-2H3/b9-6+. The van der Waals surface area contributed by atoms with E-state index in [0.717, 1.165) is 6.42 Å². The molecular weight excluding hydrogens is 188 g/mol. The molecule has 0 saturated heterocycles. The van der Waals surface area contributed by atoms with Gasteiger partial charge in [0.05, 0.1) is 0 Å². The van der Waals surface area contributed by atoms with Crippen LogP contribution < -0.4 is 5.32 Å². The maximum absolute atomic E-state index is 11.6. The van der Waals surface area contributed by atoms with Crippen LogP contribution in [0.2, 0.25) is 0 Å². The monoisotopic (exact) mass is 204 g/mol. The summed E-state index contributed by atoms with van der Waals surface area (Å²) in [7, 11) is 0. The van der Waals surface area contributed by atoms with Gasteiger partial charge < -0.3 is 5.32 Å². The Morgan fingerprint density at radius 2 is 2.20 bits per heavy atom. The summed E-state index contributed by atoms with van der Waals surface area (Å²) < 4.78 is 0. The van der Waals surface area contributed by atoms with E-state index >= 15 is 0 Å². The first-order valence-electron chi connectivity index (χ1n) is 5.11. The fraction of sp³-hybridized carbons (Fsp3) is 0.333. The zero-order valence-electron chi connectivity index (χ0n) is 9.10. The van der Waals surface area contributed by atoms with Gasteiger partial charge in [0.15, 0.2) is 5.78 Å². The second-order valence-electron chi connectivity index (χ2n) is 3.41. The van der Waals surface area contributed by atoms with E-state index in [4.69, 9.17) is 0 Å². The minimum atomic E-state index is -0.00629. The van der Waals surface area contributed by atoms with Crippen LogP contribution in [0.1, 0.15) is 30.6 Å². The second kappa shape index (κ2) is 5.96. The number of rotatable bonds is 5. The van der Waals surface area contributed by atoms with Crippen molar-refractivity contribution in [3.63, 3.8) is 0 Å². The highest BCUT2D eigenvalue weighted by Gasteiger charge is 1.99. The van der Waals surface area contributed by atoms with Crippen molar-refractivity contribution in [3.8, 4) is 0 Å². The Hall–Kier alpha value is -1.64. The summed E-state index contributed by atoms with van der Waals surface area (Å²) in [6, 6.07) is 3.80. The lowest BCUT2D eigenvalue weighted by molar-refractivity contribution is 0.104. The van der Waals surface area contributed by atoms with Crippen molar-refractivity contribution in [2.45, 2.75) is 26.3 Å². The number of hydrogen-bond acceptors (Lipinski definition) is 3. The van der Waals surface area contributed by atoms with Crippen LogP contribution in [-0.2, 0) is 0 Å². The van der Waals surface area contributed by atoms with Crippen LogP contribution in [0.25, 0.3) is 0 Å². The van der Waals surface area contributed by atoms with Crippen molar-refractivity contribution in [2.24, 2.45) is 0 Å². The van der Waals surface area contributed by atoms with E-state index in [1.807, 2.05) is 0 Å². The SMILES string of the molecule is CCC(C)N/C=C/C(=O)c1ccncc1. The van der Waals surface area contributed by atoms with Crippen LogP contribution in [0, 0.1) is 0 Å². The van der Waals surface area contributed by atoms with E-state index in [0.29, 0.717) is 11.6 Å². The van der Waals surface area contributed by atoms with Gasteiger partial charge in [-0.05, 0) is 25.5 Å². The molecule has 3 heteroatoms. The van der Waals surface area contributed by atoms with E-state index in [1.54, 1.807) is 36.8 Å². The molecule has 1 atom stereocenters. The second-order valence-corrected chi connectivity index (χ2v) is 3.41. The van der Waals surface area contributed by atoms with Crippen molar-refractivity contribution >= 4 is 5.78 Å². The zero-order valence-corrected chi connectivity index (χ0v) is 9.10. The average molecular weight is 204 g/mol. The summed E-state index contributed by atoms with van der Waals surface area (Å²) in [5.41, 5.74) is 0.659. The molecule has 1 N–H and O–H groups in total. The number of carbonyl (C=O) groups is 1. The molecule has 3 nitrogen and oxygen atoms in total. The predicted octanol–water partition coefficient (Wildman–Crippen LogP) is 2.17. The van der Waals surface area contributed by atoms with E-state index < -0.39 is 0 Å². The van der Waals surface area contributed by atoms with Gasteiger partial charge >= 0.3 is 0 Å². The highest BCUT2D eigenvalue weighted by molar-refractivity contribution is 6.04. The lowest BCUT2D eigenvalue weighted by atomic mass is 10.2. The molecule has 0 aromatic carbocycles. The number of nitrogens with zero attached hydrogens (tertiary/aromatic N) is 1. The molecule has 0 saturated carbocycles. The Balaban J connectivity index is 2.49. The fourth-order valence-corrected chi connectivity index (χ4v) is 1.02. The minimum absolute atomic E-state index is 0.00629. The predicted molar refractivity (Wildman–Crippen MR) is 60.6 cm³/mol. The molecule has 1 aromatic rings. The molecule has 0 aliphatic rings. The Bertz CT molecular complexity index is 333. The quantitative estimate of drug-likeness (QED) is 0.590. The number of nitrogens with one attached hydrogen (secondary N) is 1. The lowest BCUT2D eigenvalue weighted by Crippen LogP contribution is -2.19. The number of carbonyl (C=O) groups excluding carboxylic acids is 1. The first kappa shape index (κ1) is 11.4. The first-order valence-corrected chi connectivity index (χ1v) is 5.11. The Morgan fingerprint density at radius 3 is 2.80 bits per heavy atom. The minimum Gasteiger partial charge on any atom is -0.388 e. The summed E-state index contributed by atoms with van der Waals surface area (Å²) in [5.74, 6) is -0.00629. The van der Waals surface area contributed by atoms with Gasteiger partial charge in [0, 0.05) is 36.3 Å². The lowest BCUT2D eigenvalue weighted by Gasteiger charge is -2.06. The molecule has 0 aliphatic heterocycles. The van der Waals surface area contributed by atoms with Gasteiger partial charge in [-0.2, -0.15) is 0 Å². The van der Waals surface area contributed by atoms with E-state index in [2.05, 4.69) is 24.1 Å². The molecule has 0 bridgehead atoms. The summed E-state index contributed by atoms with van der Waals surface area (Å²) in [6.45, 7) is 4.16. The van der Waals surface area contributed by atoms with Crippen molar-refractivity contribution in [3.05, 3.63) is 42.4 Å². The highest BCUT2D eigenvalue weighted by Crippen LogP contribution is 1.98.